The molecule has 0 aromatic heterocycles. The molecule has 24 heavy (non-hydrogen) atoms. The lowest BCUT2D eigenvalue weighted by Gasteiger charge is -2.02. The van der Waals surface area contributed by atoms with Crippen LogP contribution < -0.4 is 0 Å². The molecule has 0 radical (unpaired) electrons. The van der Waals surface area contributed by atoms with Gasteiger partial charge in [0.05, 0.1) is 7.11 Å². The van der Waals surface area contributed by atoms with E-state index >= 15 is 0 Å². The lowest BCUT2D eigenvalue weighted by molar-refractivity contribution is -0.137. The largest absolute Gasteiger partial charge is 0.465 e. The van der Waals surface area contributed by atoms with Gasteiger partial charge in [-0.3, -0.25) is 4.79 Å². The molecule has 0 aliphatic heterocycles. The van der Waals surface area contributed by atoms with Crippen LogP contribution in [-0.2, 0) is 14.3 Å². The number of rotatable bonds is 5. The summed E-state index contributed by atoms with van der Waals surface area (Å²) in [6.07, 6.45) is 4.40. The van der Waals surface area contributed by atoms with Crippen molar-refractivity contribution < 1.29 is 14.3 Å². The predicted molar refractivity (Wildman–Crippen MR) is 96.9 cm³/mol. The van der Waals surface area contributed by atoms with E-state index in [0.717, 1.165) is 5.56 Å². The van der Waals surface area contributed by atoms with E-state index in [1.807, 2.05) is 0 Å². The Labute approximate surface area is 150 Å². The van der Waals surface area contributed by atoms with Gasteiger partial charge in [0.1, 0.15) is 5.57 Å². The summed E-state index contributed by atoms with van der Waals surface area (Å²) in [7, 11) is 1.23. The second-order valence-electron chi connectivity index (χ2n) is 4.85. The fourth-order valence-electron chi connectivity index (χ4n) is 1.90. The topological polar surface area (TPSA) is 43.4 Å². The van der Waals surface area contributed by atoms with E-state index in [9.17, 15) is 9.59 Å². The van der Waals surface area contributed by atoms with E-state index in [1.165, 1.54) is 19.3 Å². The number of methoxy groups -OCH3 is 1. The van der Waals surface area contributed by atoms with Crippen molar-refractivity contribution in [1.82, 2.24) is 0 Å². The molecule has 3 nitrogen and oxygen atoms in total. The Morgan fingerprint density at radius 3 is 1.88 bits per heavy atom. The highest BCUT2D eigenvalue weighted by Crippen LogP contribution is 2.15. The Kier molecular flexibility index (Phi) is 6.36. The van der Waals surface area contributed by atoms with Gasteiger partial charge in [-0.05, 0) is 47.5 Å². The number of benzene rings is 2. The Hall–Kier alpha value is -2.36. The summed E-state index contributed by atoms with van der Waals surface area (Å²) in [5.41, 5.74) is 1.40. The van der Waals surface area contributed by atoms with Crippen LogP contribution in [0.15, 0.2) is 60.2 Å². The van der Waals surface area contributed by atoms with Gasteiger partial charge in [0.25, 0.3) is 0 Å². The van der Waals surface area contributed by atoms with E-state index in [4.69, 9.17) is 27.9 Å². The second-order valence-corrected chi connectivity index (χ2v) is 5.72. The molecule has 2 rings (SSSR count). The average molecular weight is 361 g/mol. The molecule has 0 aliphatic rings. The predicted octanol–water partition coefficient (Wildman–Crippen LogP) is 4.83. The lowest BCUT2D eigenvalue weighted by atomic mass is 10.1. The molecule has 5 heteroatoms. The Bertz CT molecular complexity index is 788. The standard InChI is InChI=1S/C19H14Cl2O3/c1-24-19(23)17(12-14-4-9-16(21)10-5-14)18(22)11-6-13-2-7-15(20)8-3-13/h2-12H,1H3/b11-6+,17-12+. The molecule has 0 saturated carbocycles. The third-order valence-corrected chi connectivity index (χ3v) is 3.65. The molecular weight excluding hydrogens is 347 g/mol. The van der Waals surface area contributed by atoms with Gasteiger partial charge in [-0.15, -0.1) is 0 Å². The van der Waals surface area contributed by atoms with Crippen molar-refractivity contribution in [3.8, 4) is 0 Å². The number of esters is 1. The first-order valence-corrected chi connectivity index (χ1v) is 7.79. The van der Waals surface area contributed by atoms with E-state index in [1.54, 1.807) is 54.6 Å². The van der Waals surface area contributed by atoms with Gasteiger partial charge in [-0.1, -0.05) is 53.5 Å². The first-order valence-electron chi connectivity index (χ1n) is 7.03. The number of hydrogen-bond acceptors (Lipinski definition) is 3. The number of halogens is 2. The van der Waals surface area contributed by atoms with Crippen molar-refractivity contribution >= 4 is 47.1 Å². The maximum absolute atomic E-state index is 12.3. The van der Waals surface area contributed by atoms with E-state index < -0.39 is 11.8 Å². The average Bonchev–Trinajstić information content (AvgIpc) is 2.60. The highest BCUT2D eigenvalue weighted by molar-refractivity contribution is 6.31. The zero-order valence-corrected chi connectivity index (χ0v) is 14.3. The van der Waals surface area contributed by atoms with Crippen LogP contribution in [0.4, 0.5) is 0 Å². The SMILES string of the molecule is COC(=O)/C(=C/c1ccc(Cl)cc1)C(=O)/C=C/c1ccc(Cl)cc1. The zero-order chi connectivity index (χ0) is 17.5. The molecule has 122 valence electrons. The van der Waals surface area contributed by atoms with Crippen molar-refractivity contribution in [3.63, 3.8) is 0 Å². The Morgan fingerprint density at radius 2 is 1.38 bits per heavy atom. The van der Waals surface area contributed by atoms with Crippen molar-refractivity contribution in [1.29, 1.82) is 0 Å². The lowest BCUT2D eigenvalue weighted by Crippen LogP contribution is -2.12. The molecule has 0 heterocycles. The minimum absolute atomic E-state index is 0.0648. The van der Waals surface area contributed by atoms with E-state index in [2.05, 4.69) is 0 Å². The molecule has 2 aromatic rings. The van der Waals surface area contributed by atoms with Crippen LogP contribution in [0, 0.1) is 0 Å². The van der Waals surface area contributed by atoms with Crippen LogP contribution in [0.25, 0.3) is 12.2 Å². The highest BCUT2D eigenvalue weighted by Gasteiger charge is 2.16. The van der Waals surface area contributed by atoms with Crippen molar-refractivity contribution in [3.05, 3.63) is 81.4 Å². The first-order chi connectivity index (χ1) is 11.5. The molecule has 0 aliphatic carbocycles. The van der Waals surface area contributed by atoms with E-state index in [-0.39, 0.29) is 5.57 Å². The van der Waals surface area contributed by atoms with Crippen LogP contribution in [0.2, 0.25) is 10.0 Å². The summed E-state index contributed by atoms with van der Waals surface area (Å²) in [5.74, 6) is -1.15. The molecule has 0 N–H and O–H groups in total. The van der Waals surface area contributed by atoms with Crippen LogP contribution in [0.3, 0.4) is 0 Å². The van der Waals surface area contributed by atoms with Crippen molar-refractivity contribution in [2.75, 3.05) is 7.11 Å². The van der Waals surface area contributed by atoms with Crippen LogP contribution in [0.1, 0.15) is 11.1 Å². The molecule has 0 unspecified atom stereocenters. The third kappa shape index (κ3) is 5.08. The fraction of sp³-hybridized carbons (Fsp3) is 0.0526. The van der Waals surface area contributed by atoms with Gasteiger partial charge in [0.15, 0.2) is 5.78 Å². The molecule has 2 aromatic carbocycles. The normalized spacial score (nSPS) is 11.5. The molecule has 0 fully saturated rings. The summed E-state index contributed by atoms with van der Waals surface area (Å²) in [6.45, 7) is 0. The summed E-state index contributed by atoms with van der Waals surface area (Å²) < 4.78 is 4.69. The van der Waals surface area contributed by atoms with Gasteiger partial charge in [0.2, 0.25) is 0 Å². The highest BCUT2D eigenvalue weighted by atomic mass is 35.5. The van der Waals surface area contributed by atoms with Gasteiger partial charge in [-0.2, -0.15) is 0 Å². The van der Waals surface area contributed by atoms with Gasteiger partial charge in [0, 0.05) is 10.0 Å². The first kappa shape index (κ1) is 18.0. The smallest absolute Gasteiger partial charge is 0.341 e. The number of carbonyl (C=O) groups is 2. The van der Waals surface area contributed by atoms with Crippen molar-refractivity contribution in [2.24, 2.45) is 0 Å². The maximum Gasteiger partial charge on any atom is 0.341 e. The Morgan fingerprint density at radius 1 is 0.875 bits per heavy atom. The summed E-state index contributed by atoms with van der Waals surface area (Å²) in [5, 5.41) is 1.18. The summed E-state index contributed by atoms with van der Waals surface area (Å²) in [4.78, 5) is 24.2. The molecule has 0 spiro atoms. The number of hydrogen-bond donors (Lipinski definition) is 0. The maximum atomic E-state index is 12.3. The molecule has 0 saturated heterocycles. The molecule has 0 amide bonds. The number of ether oxygens (including phenoxy) is 1. The number of ketones is 1. The third-order valence-electron chi connectivity index (χ3n) is 3.15. The quantitative estimate of drug-likeness (QED) is 0.332. The number of allylic oxidation sites excluding steroid dienone is 1. The second kappa shape index (κ2) is 8.48. The van der Waals surface area contributed by atoms with E-state index in [0.29, 0.717) is 15.6 Å². The summed E-state index contributed by atoms with van der Waals surface area (Å²) in [6, 6.07) is 13.8. The molecule has 0 atom stereocenters. The summed E-state index contributed by atoms with van der Waals surface area (Å²) >= 11 is 11.6. The zero-order valence-electron chi connectivity index (χ0n) is 12.8. The minimum atomic E-state index is -0.698. The molecule has 0 bridgehead atoms. The van der Waals surface area contributed by atoms with Crippen LogP contribution in [0.5, 0.6) is 0 Å². The number of carbonyl (C=O) groups excluding carboxylic acids is 2. The van der Waals surface area contributed by atoms with Crippen molar-refractivity contribution in [2.45, 2.75) is 0 Å². The fourth-order valence-corrected chi connectivity index (χ4v) is 2.15. The monoisotopic (exact) mass is 360 g/mol. The van der Waals surface area contributed by atoms with Gasteiger partial charge >= 0.3 is 5.97 Å². The Balaban J connectivity index is 2.26. The van der Waals surface area contributed by atoms with Crippen LogP contribution in [-0.4, -0.2) is 18.9 Å². The van der Waals surface area contributed by atoms with Gasteiger partial charge in [-0.25, -0.2) is 4.79 Å². The van der Waals surface area contributed by atoms with Crippen LogP contribution >= 0.6 is 23.2 Å². The minimum Gasteiger partial charge on any atom is -0.465 e. The van der Waals surface area contributed by atoms with Gasteiger partial charge < -0.3 is 4.74 Å². The molecular formula is C19H14Cl2O3.